The molecule has 1 aromatic rings. The van der Waals surface area contributed by atoms with Gasteiger partial charge in [-0.2, -0.15) is 0 Å². The average Bonchev–Trinajstić information content (AvgIpc) is 2.60. The first kappa shape index (κ1) is 18.4. The second-order valence-corrected chi connectivity index (χ2v) is 5.33. The summed E-state index contributed by atoms with van der Waals surface area (Å²) in [6, 6.07) is 0.837. The second-order valence-electron chi connectivity index (χ2n) is 5.33. The molecule has 2 rings (SSSR count). The molecule has 25 heavy (non-hydrogen) atoms. The molecule has 0 aromatic heterocycles. The van der Waals surface area contributed by atoms with E-state index in [9.17, 15) is 29.2 Å². The predicted molar refractivity (Wildman–Crippen MR) is 82.2 cm³/mol. The maximum Gasteiger partial charge on any atom is 0.407 e. The summed E-state index contributed by atoms with van der Waals surface area (Å²) in [5.74, 6) is -1.96. The van der Waals surface area contributed by atoms with E-state index in [1.807, 2.05) is 0 Å². The Hall–Kier alpha value is -2.95. The van der Waals surface area contributed by atoms with E-state index in [4.69, 9.17) is 5.11 Å². The molecule has 136 valence electrons. The summed E-state index contributed by atoms with van der Waals surface area (Å²) in [7, 11) is 1.04. The summed E-state index contributed by atoms with van der Waals surface area (Å²) in [5.41, 5.74) is -1.31. The number of nitro groups is 1. The van der Waals surface area contributed by atoms with Crippen molar-refractivity contribution in [2.75, 3.05) is 38.3 Å². The molecule has 1 atom stereocenters. The highest BCUT2D eigenvalue weighted by molar-refractivity contribution is 5.95. The average molecular weight is 357 g/mol. The summed E-state index contributed by atoms with van der Waals surface area (Å²) < 4.78 is 18.9. The monoisotopic (exact) mass is 357 g/mol. The fourth-order valence-corrected chi connectivity index (χ4v) is 2.70. The number of carbonyl (C=O) groups is 2. The van der Waals surface area contributed by atoms with E-state index in [0.29, 0.717) is 6.07 Å². The van der Waals surface area contributed by atoms with Gasteiger partial charge in [0.25, 0.3) is 5.69 Å². The molecule has 10 nitrogen and oxygen atoms in total. The number of nitro benzene ring substituents is 1. The number of hydrogen-bond acceptors (Lipinski definition) is 7. The van der Waals surface area contributed by atoms with Gasteiger partial charge in [-0.25, -0.2) is 14.0 Å². The number of benzene rings is 1. The summed E-state index contributed by atoms with van der Waals surface area (Å²) in [5, 5.41) is 29.5. The zero-order chi connectivity index (χ0) is 18.7. The number of esters is 1. The highest BCUT2D eigenvalue weighted by atomic mass is 19.1. The van der Waals surface area contributed by atoms with Crippen LogP contribution in [0.15, 0.2) is 12.1 Å². The second kappa shape index (κ2) is 7.30. The number of halogens is 1. The summed E-state index contributed by atoms with van der Waals surface area (Å²) in [4.78, 5) is 35.4. The largest absolute Gasteiger partial charge is 0.465 e. The Labute approximate surface area is 141 Å². The highest BCUT2D eigenvalue weighted by Gasteiger charge is 2.33. The van der Waals surface area contributed by atoms with Crippen LogP contribution < -0.4 is 4.90 Å². The van der Waals surface area contributed by atoms with Crippen LogP contribution in [0.25, 0.3) is 0 Å². The van der Waals surface area contributed by atoms with E-state index in [1.54, 1.807) is 0 Å². The van der Waals surface area contributed by atoms with Crippen LogP contribution in [0.2, 0.25) is 0 Å². The van der Waals surface area contributed by atoms with Gasteiger partial charge in [0, 0.05) is 19.6 Å². The number of nitrogens with zero attached hydrogens (tertiary/aromatic N) is 3. The van der Waals surface area contributed by atoms with Crippen LogP contribution in [0.4, 0.5) is 20.6 Å². The minimum atomic E-state index is -1.17. The third-order valence-corrected chi connectivity index (χ3v) is 3.94. The molecule has 0 bridgehead atoms. The lowest BCUT2D eigenvalue weighted by Crippen LogP contribution is -2.56. The normalized spacial score (nSPS) is 17.3. The van der Waals surface area contributed by atoms with E-state index in [0.717, 1.165) is 18.1 Å². The summed E-state index contributed by atoms with van der Waals surface area (Å²) in [6.07, 6.45) is -1.17. The maximum absolute atomic E-state index is 14.4. The van der Waals surface area contributed by atoms with Gasteiger partial charge in [-0.1, -0.05) is 0 Å². The molecule has 1 aliphatic heterocycles. The molecule has 0 aliphatic carbocycles. The van der Waals surface area contributed by atoms with Gasteiger partial charge in [0.2, 0.25) is 0 Å². The third kappa shape index (κ3) is 3.60. The molecule has 1 aliphatic rings. The number of carboxylic acid groups (broad SMARTS) is 1. The van der Waals surface area contributed by atoms with Crippen molar-refractivity contribution in [2.45, 2.75) is 6.04 Å². The third-order valence-electron chi connectivity index (χ3n) is 3.94. The molecular weight excluding hydrogens is 341 g/mol. The van der Waals surface area contributed by atoms with Crippen LogP contribution >= 0.6 is 0 Å². The molecule has 1 heterocycles. The molecule has 0 saturated carbocycles. The summed E-state index contributed by atoms with van der Waals surface area (Å²) >= 11 is 0. The first-order chi connectivity index (χ1) is 11.8. The highest BCUT2D eigenvalue weighted by Crippen LogP contribution is 2.31. The molecule has 11 heteroatoms. The van der Waals surface area contributed by atoms with Gasteiger partial charge in [0.15, 0.2) is 5.82 Å². The van der Waals surface area contributed by atoms with Crippen LogP contribution in [-0.4, -0.2) is 71.5 Å². The van der Waals surface area contributed by atoms with Crippen molar-refractivity contribution < 1.29 is 33.9 Å². The van der Waals surface area contributed by atoms with Gasteiger partial charge in [-0.3, -0.25) is 10.1 Å². The number of amides is 1. The molecule has 0 spiro atoms. The van der Waals surface area contributed by atoms with Crippen molar-refractivity contribution in [1.29, 1.82) is 0 Å². The Balaban J connectivity index is 2.46. The first-order valence-electron chi connectivity index (χ1n) is 7.21. The molecule has 1 aromatic carbocycles. The Morgan fingerprint density at radius 1 is 1.44 bits per heavy atom. The molecule has 1 amide bonds. The topological polar surface area (TPSA) is 133 Å². The van der Waals surface area contributed by atoms with Gasteiger partial charge >= 0.3 is 12.1 Å². The number of aliphatic hydroxyl groups is 1. The van der Waals surface area contributed by atoms with Crippen molar-refractivity contribution in [2.24, 2.45) is 0 Å². The van der Waals surface area contributed by atoms with Crippen molar-refractivity contribution in [3.8, 4) is 0 Å². The lowest BCUT2D eigenvalue weighted by molar-refractivity contribution is -0.385. The van der Waals surface area contributed by atoms with Gasteiger partial charge < -0.3 is 24.7 Å². The number of ether oxygens (including phenoxy) is 1. The smallest absolute Gasteiger partial charge is 0.407 e. The van der Waals surface area contributed by atoms with Gasteiger partial charge in [0.1, 0.15) is 5.56 Å². The van der Waals surface area contributed by atoms with Crippen molar-refractivity contribution in [1.82, 2.24) is 4.90 Å². The Morgan fingerprint density at radius 2 is 2.12 bits per heavy atom. The number of anilines is 1. The van der Waals surface area contributed by atoms with E-state index < -0.39 is 46.7 Å². The molecule has 0 radical (unpaired) electrons. The molecule has 1 saturated heterocycles. The van der Waals surface area contributed by atoms with E-state index in [2.05, 4.69) is 4.74 Å². The number of rotatable bonds is 4. The van der Waals surface area contributed by atoms with Crippen LogP contribution in [0.3, 0.4) is 0 Å². The van der Waals surface area contributed by atoms with Crippen molar-refractivity contribution in [3.05, 3.63) is 33.6 Å². The first-order valence-corrected chi connectivity index (χ1v) is 7.21. The Morgan fingerprint density at radius 3 is 2.64 bits per heavy atom. The van der Waals surface area contributed by atoms with Gasteiger partial charge in [0.05, 0.1) is 36.4 Å². The van der Waals surface area contributed by atoms with E-state index in [1.165, 1.54) is 4.90 Å². The van der Waals surface area contributed by atoms with Crippen LogP contribution in [0.5, 0.6) is 0 Å². The number of piperazine rings is 1. The minimum absolute atomic E-state index is 0.0485. The predicted octanol–water partition coefficient (Wildman–Crippen LogP) is 0.681. The van der Waals surface area contributed by atoms with Crippen LogP contribution in [0, 0.1) is 15.9 Å². The standard InChI is InChI=1S/C14H16FN3O7/c1-25-13(20)9-4-12(10(15)5-11(9)18(23)24)17-3-2-16(14(21)22)6-8(17)7-19/h4-5,8,19H,2-3,6-7H2,1H3,(H,21,22)/t8-/m1/s1. The number of methoxy groups -OCH3 is 1. The zero-order valence-electron chi connectivity index (χ0n) is 13.2. The Bertz CT molecular complexity index is 712. The quantitative estimate of drug-likeness (QED) is 0.456. The van der Waals surface area contributed by atoms with E-state index >= 15 is 0 Å². The van der Waals surface area contributed by atoms with Gasteiger partial charge in [-0.05, 0) is 6.07 Å². The molecule has 2 N–H and O–H groups in total. The fourth-order valence-electron chi connectivity index (χ4n) is 2.70. The minimum Gasteiger partial charge on any atom is -0.465 e. The molecular formula is C14H16FN3O7. The maximum atomic E-state index is 14.4. The lowest BCUT2D eigenvalue weighted by Gasteiger charge is -2.41. The zero-order valence-corrected chi connectivity index (χ0v) is 13.2. The fraction of sp³-hybridized carbons (Fsp3) is 0.429. The lowest BCUT2D eigenvalue weighted by atomic mass is 10.1. The van der Waals surface area contributed by atoms with Crippen LogP contribution in [-0.2, 0) is 4.74 Å². The summed E-state index contributed by atoms with van der Waals surface area (Å²) in [6.45, 7) is -0.438. The van der Waals surface area contributed by atoms with Crippen molar-refractivity contribution >= 4 is 23.4 Å². The van der Waals surface area contributed by atoms with Crippen molar-refractivity contribution in [3.63, 3.8) is 0 Å². The van der Waals surface area contributed by atoms with Crippen LogP contribution in [0.1, 0.15) is 10.4 Å². The van der Waals surface area contributed by atoms with Gasteiger partial charge in [-0.15, -0.1) is 0 Å². The SMILES string of the molecule is COC(=O)c1cc(N2CCN(C(=O)O)C[C@@H]2CO)c(F)cc1[N+](=O)[O-]. The molecule has 1 fully saturated rings. The van der Waals surface area contributed by atoms with E-state index in [-0.39, 0.29) is 25.3 Å². The number of aliphatic hydroxyl groups excluding tert-OH is 1. The number of carbonyl (C=O) groups excluding carboxylic acids is 1. The number of hydrogen-bond donors (Lipinski definition) is 2. The Kier molecular flexibility index (Phi) is 5.37. The molecule has 0 unspecified atom stereocenters.